The Morgan fingerprint density at radius 3 is 2.42 bits per heavy atom. The van der Waals surface area contributed by atoms with E-state index >= 15 is 0 Å². The quantitative estimate of drug-likeness (QED) is 0.632. The van der Waals surface area contributed by atoms with Crippen molar-refractivity contribution in [1.82, 2.24) is 10.2 Å². The minimum Gasteiger partial charge on any atom is -0.508 e. The molecule has 176 valence electrons. The van der Waals surface area contributed by atoms with Crippen LogP contribution in [0.2, 0.25) is 0 Å². The molecule has 1 aliphatic carbocycles. The number of aryl methyl sites for hydroxylation is 2. The zero-order valence-electron chi connectivity index (χ0n) is 19.6. The monoisotopic (exact) mass is 449 g/mol. The molecule has 0 aromatic heterocycles. The normalized spacial score (nSPS) is 18.1. The van der Waals surface area contributed by atoms with Crippen LogP contribution in [0.4, 0.5) is 0 Å². The van der Waals surface area contributed by atoms with Gasteiger partial charge in [0.2, 0.25) is 11.8 Å². The number of aromatic hydroxyl groups is 1. The van der Waals surface area contributed by atoms with Crippen molar-refractivity contribution >= 4 is 11.8 Å². The van der Waals surface area contributed by atoms with E-state index in [1.165, 1.54) is 11.1 Å². The number of nitrogens with two attached hydrogens (primary N) is 1. The van der Waals surface area contributed by atoms with Crippen LogP contribution in [-0.2, 0) is 27.8 Å². The Morgan fingerprint density at radius 2 is 1.76 bits per heavy atom. The molecule has 1 heterocycles. The summed E-state index contributed by atoms with van der Waals surface area (Å²) in [7, 11) is 0. The molecule has 0 bridgehead atoms. The van der Waals surface area contributed by atoms with Gasteiger partial charge in [-0.25, -0.2) is 0 Å². The first-order valence-electron chi connectivity index (χ1n) is 11.9. The molecule has 1 atom stereocenters. The SMILES string of the molecule is CC(C)(N)C(=O)N[C@H](CCc1ccc(O)cc1)C(=O)N1CCC2(CCc3ccccc32)CC1. The number of nitrogens with zero attached hydrogens (tertiary/aromatic N) is 1. The second-order valence-electron chi connectivity index (χ2n) is 10.2. The van der Waals surface area contributed by atoms with Crippen LogP contribution >= 0.6 is 0 Å². The minimum absolute atomic E-state index is 0.0347. The van der Waals surface area contributed by atoms with Gasteiger partial charge in [-0.05, 0) is 86.6 Å². The number of carbonyl (C=O) groups excluding carboxylic acids is 2. The summed E-state index contributed by atoms with van der Waals surface area (Å²) in [5.74, 6) is -0.155. The lowest BCUT2D eigenvalue weighted by molar-refractivity contribution is -0.139. The maximum absolute atomic E-state index is 13.5. The first kappa shape index (κ1) is 23.3. The minimum atomic E-state index is -1.06. The summed E-state index contributed by atoms with van der Waals surface area (Å²) >= 11 is 0. The number of nitrogens with one attached hydrogen (secondary N) is 1. The van der Waals surface area contributed by atoms with Crippen LogP contribution in [0.15, 0.2) is 48.5 Å². The highest BCUT2D eigenvalue weighted by Crippen LogP contribution is 2.46. The molecule has 4 rings (SSSR count). The summed E-state index contributed by atoms with van der Waals surface area (Å²) in [4.78, 5) is 28.0. The van der Waals surface area contributed by atoms with Crippen molar-refractivity contribution in [3.8, 4) is 5.75 Å². The maximum Gasteiger partial charge on any atom is 0.245 e. The first-order valence-corrected chi connectivity index (χ1v) is 11.9. The van der Waals surface area contributed by atoms with Crippen LogP contribution < -0.4 is 11.1 Å². The number of phenols is 1. The van der Waals surface area contributed by atoms with Gasteiger partial charge in [0.05, 0.1) is 5.54 Å². The van der Waals surface area contributed by atoms with Gasteiger partial charge in [0.25, 0.3) is 0 Å². The number of benzene rings is 2. The predicted octanol–water partition coefficient (Wildman–Crippen LogP) is 3.05. The second kappa shape index (κ2) is 9.18. The smallest absolute Gasteiger partial charge is 0.245 e. The molecule has 1 saturated heterocycles. The van der Waals surface area contributed by atoms with Crippen LogP contribution in [0.3, 0.4) is 0 Å². The molecular weight excluding hydrogens is 414 g/mol. The van der Waals surface area contributed by atoms with Crippen LogP contribution in [0.1, 0.15) is 56.2 Å². The molecule has 2 aromatic carbocycles. The molecule has 1 aliphatic heterocycles. The molecule has 4 N–H and O–H groups in total. The van der Waals surface area contributed by atoms with E-state index in [4.69, 9.17) is 5.73 Å². The molecule has 2 amide bonds. The van der Waals surface area contributed by atoms with E-state index < -0.39 is 11.6 Å². The molecule has 1 spiro atoms. The Bertz CT molecular complexity index is 1000. The fraction of sp³-hybridized carbons (Fsp3) is 0.481. The second-order valence-corrected chi connectivity index (χ2v) is 10.2. The number of rotatable bonds is 6. The zero-order chi connectivity index (χ0) is 23.6. The number of piperidine rings is 1. The number of carbonyl (C=O) groups is 2. The Labute approximate surface area is 196 Å². The standard InChI is InChI=1S/C27H35N3O3/c1-26(2,28)25(33)29-23(12-9-19-7-10-21(31)11-8-19)24(32)30-17-15-27(16-18-30)14-13-20-5-3-4-6-22(20)27/h3-8,10-11,23,31H,9,12-18,28H2,1-2H3,(H,29,33)/t23-/m1/s1. The number of fused-ring (bicyclic) bond motifs is 2. The largest absolute Gasteiger partial charge is 0.508 e. The van der Waals surface area contributed by atoms with Crippen LogP contribution in [0.25, 0.3) is 0 Å². The summed E-state index contributed by atoms with van der Waals surface area (Å²) in [6, 6.07) is 15.0. The van der Waals surface area contributed by atoms with E-state index in [1.54, 1.807) is 26.0 Å². The van der Waals surface area contributed by atoms with Gasteiger partial charge in [0.15, 0.2) is 0 Å². The first-order chi connectivity index (χ1) is 15.7. The Kier molecular flexibility index (Phi) is 6.48. The fourth-order valence-corrected chi connectivity index (χ4v) is 5.23. The highest BCUT2D eigenvalue weighted by Gasteiger charge is 2.42. The molecule has 2 aromatic rings. The van der Waals surface area contributed by atoms with Crippen LogP contribution in [0, 0.1) is 0 Å². The van der Waals surface area contributed by atoms with Crippen LogP contribution in [0.5, 0.6) is 5.75 Å². The highest BCUT2D eigenvalue weighted by atomic mass is 16.3. The summed E-state index contributed by atoms with van der Waals surface area (Å²) in [6.45, 7) is 4.69. The molecule has 6 heteroatoms. The van der Waals surface area contributed by atoms with Gasteiger partial charge >= 0.3 is 0 Å². The van der Waals surface area contributed by atoms with Crippen molar-refractivity contribution in [2.24, 2.45) is 5.73 Å². The lowest BCUT2D eigenvalue weighted by Crippen LogP contribution is -2.57. The maximum atomic E-state index is 13.5. The van der Waals surface area contributed by atoms with Gasteiger partial charge < -0.3 is 21.1 Å². The Balaban J connectivity index is 1.44. The zero-order valence-corrected chi connectivity index (χ0v) is 19.6. The summed E-state index contributed by atoms with van der Waals surface area (Å²) in [6.07, 6.45) is 5.27. The molecule has 2 aliphatic rings. The van der Waals surface area contributed by atoms with Crippen LogP contribution in [-0.4, -0.2) is 46.5 Å². The van der Waals surface area contributed by atoms with Gasteiger partial charge in [-0.15, -0.1) is 0 Å². The van der Waals surface area contributed by atoms with Gasteiger partial charge in [-0.3, -0.25) is 9.59 Å². The number of hydrogen-bond acceptors (Lipinski definition) is 4. The fourth-order valence-electron chi connectivity index (χ4n) is 5.23. The van der Waals surface area contributed by atoms with Crippen molar-refractivity contribution in [2.75, 3.05) is 13.1 Å². The van der Waals surface area contributed by atoms with E-state index in [-0.39, 0.29) is 23.0 Å². The molecule has 0 unspecified atom stereocenters. The summed E-state index contributed by atoms with van der Waals surface area (Å²) < 4.78 is 0. The molecule has 0 saturated carbocycles. The van der Waals surface area contributed by atoms with E-state index in [1.807, 2.05) is 17.0 Å². The average molecular weight is 450 g/mol. The molecular formula is C27H35N3O3. The van der Waals surface area contributed by atoms with Gasteiger partial charge in [0.1, 0.15) is 11.8 Å². The van der Waals surface area contributed by atoms with E-state index in [9.17, 15) is 14.7 Å². The van der Waals surface area contributed by atoms with Crippen molar-refractivity contribution in [3.63, 3.8) is 0 Å². The summed E-state index contributed by atoms with van der Waals surface area (Å²) in [5.41, 5.74) is 9.02. The van der Waals surface area contributed by atoms with Crippen molar-refractivity contribution in [1.29, 1.82) is 0 Å². The van der Waals surface area contributed by atoms with Crippen molar-refractivity contribution in [2.45, 2.75) is 69.4 Å². The lowest BCUT2D eigenvalue weighted by atomic mass is 9.74. The summed E-state index contributed by atoms with van der Waals surface area (Å²) in [5, 5.41) is 12.4. The van der Waals surface area contributed by atoms with Gasteiger partial charge in [-0.2, -0.15) is 0 Å². The van der Waals surface area contributed by atoms with Gasteiger partial charge in [-0.1, -0.05) is 36.4 Å². The Morgan fingerprint density at radius 1 is 1.09 bits per heavy atom. The number of likely N-dealkylation sites (tertiary alicyclic amines) is 1. The molecule has 6 nitrogen and oxygen atoms in total. The topological polar surface area (TPSA) is 95.7 Å². The molecule has 33 heavy (non-hydrogen) atoms. The third-order valence-electron chi connectivity index (χ3n) is 7.34. The number of phenolic OH excluding ortho intramolecular Hbond substituents is 1. The van der Waals surface area contributed by atoms with Gasteiger partial charge in [0, 0.05) is 13.1 Å². The van der Waals surface area contributed by atoms with Crippen molar-refractivity contribution < 1.29 is 14.7 Å². The molecule has 1 fully saturated rings. The van der Waals surface area contributed by atoms with E-state index in [2.05, 4.69) is 29.6 Å². The van der Waals surface area contributed by atoms with E-state index in [0.717, 1.165) is 31.2 Å². The van der Waals surface area contributed by atoms with Crippen molar-refractivity contribution in [3.05, 3.63) is 65.2 Å². The molecule has 0 radical (unpaired) electrons. The Hall–Kier alpha value is -2.86. The third-order valence-corrected chi connectivity index (χ3v) is 7.34. The average Bonchev–Trinajstić information content (AvgIpc) is 3.15. The highest BCUT2D eigenvalue weighted by molar-refractivity contribution is 5.91. The predicted molar refractivity (Wildman–Crippen MR) is 129 cm³/mol. The third kappa shape index (κ3) is 5.06. The number of hydrogen-bond donors (Lipinski definition) is 3. The van der Waals surface area contributed by atoms with E-state index in [0.29, 0.717) is 25.9 Å². The lowest BCUT2D eigenvalue weighted by Gasteiger charge is -2.41. The number of amides is 2.